The van der Waals surface area contributed by atoms with Crippen molar-refractivity contribution in [3.05, 3.63) is 71.8 Å². The topological polar surface area (TPSA) is 88.4 Å². The third-order valence-electron chi connectivity index (χ3n) is 5.54. The standard InChI is InChI=1S/C21H23N5O3S/c1-15(16-4-7-19(8-5-16)25-14-22-13-23-25)24(2)21(27)18-6-9-20-17(12-18)10-11-26(20)30(3,28)29/h4-9,12-15H,10-11H2,1-3H3. The second kappa shape index (κ2) is 7.56. The molecule has 0 spiro atoms. The van der Waals surface area contributed by atoms with Crippen molar-refractivity contribution < 1.29 is 13.2 Å². The van der Waals surface area contributed by atoms with Crippen LogP contribution < -0.4 is 4.31 Å². The van der Waals surface area contributed by atoms with Crippen LogP contribution >= 0.6 is 0 Å². The van der Waals surface area contributed by atoms with Crippen molar-refractivity contribution >= 4 is 21.6 Å². The fraction of sp³-hybridized carbons (Fsp3) is 0.286. The molecule has 156 valence electrons. The van der Waals surface area contributed by atoms with Gasteiger partial charge in [0.2, 0.25) is 10.0 Å². The Morgan fingerprint density at radius 2 is 1.90 bits per heavy atom. The number of sulfonamides is 1. The number of benzene rings is 2. The molecule has 1 aliphatic heterocycles. The first-order valence-corrected chi connectivity index (χ1v) is 11.4. The molecule has 8 nitrogen and oxygen atoms in total. The van der Waals surface area contributed by atoms with Gasteiger partial charge in [-0.15, -0.1) is 0 Å². The van der Waals surface area contributed by atoms with Gasteiger partial charge >= 0.3 is 0 Å². The number of nitrogens with zero attached hydrogens (tertiary/aromatic N) is 5. The molecule has 1 aliphatic rings. The van der Waals surface area contributed by atoms with Crippen molar-refractivity contribution in [3.63, 3.8) is 0 Å². The lowest BCUT2D eigenvalue weighted by atomic mass is 10.0. The van der Waals surface area contributed by atoms with Crippen molar-refractivity contribution in [1.82, 2.24) is 19.7 Å². The smallest absolute Gasteiger partial charge is 0.254 e. The quantitative estimate of drug-likeness (QED) is 0.626. The predicted octanol–water partition coefficient (Wildman–Crippen LogP) is 2.42. The predicted molar refractivity (Wildman–Crippen MR) is 114 cm³/mol. The van der Waals surface area contributed by atoms with Gasteiger partial charge in [-0.3, -0.25) is 9.10 Å². The van der Waals surface area contributed by atoms with E-state index < -0.39 is 10.0 Å². The maximum absolute atomic E-state index is 13.1. The summed E-state index contributed by atoms with van der Waals surface area (Å²) in [5.41, 5.74) is 3.99. The Kier molecular flexibility index (Phi) is 5.07. The normalized spacial score (nSPS) is 14.4. The van der Waals surface area contributed by atoms with E-state index in [1.807, 2.05) is 31.2 Å². The summed E-state index contributed by atoms with van der Waals surface area (Å²) in [6.07, 6.45) is 4.92. The summed E-state index contributed by atoms with van der Waals surface area (Å²) in [4.78, 5) is 18.7. The van der Waals surface area contributed by atoms with Crippen LogP contribution in [0.4, 0.5) is 5.69 Å². The number of hydrogen-bond acceptors (Lipinski definition) is 5. The number of rotatable bonds is 5. The monoisotopic (exact) mass is 425 g/mol. The van der Waals surface area contributed by atoms with Gasteiger partial charge in [0.05, 0.1) is 23.7 Å². The third-order valence-corrected chi connectivity index (χ3v) is 6.72. The van der Waals surface area contributed by atoms with Crippen LogP contribution in [-0.2, 0) is 16.4 Å². The lowest BCUT2D eigenvalue weighted by Gasteiger charge is -2.26. The summed E-state index contributed by atoms with van der Waals surface area (Å²) in [7, 11) is -1.53. The minimum Gasteiger partial charge on any atom is -0.335 e. The zero-order valence-corrected chi connectivity index (χ0v) is 17.9. The van der Waals surface area contributed by atoms with Crippen LogP contribution in [0.2, 0.25) is 0 Å². The first-order chi connectivity index (χ1) is 14.3. The van der Waals surface area contributed by atoms with Gasteiger partial charge in [0.25, 0.3) is 5.91 Å². The molecule has 0 N–H and O–H groups in total. The Morgan fingerprint density at radius 3 is 2.53 bits per heavy atom. The number of fused-ring (bicyclic) bond motifs is 1. The first-order valence-electron chi connectivity index (χ1n) is 9.58. The molecule has 1 atom stereocenters. The van der Waals surface area contributed by atoms with E-state index in [0.717, 1.165) is 16.8 Å². The average Bonchev–Trinajstić information content (AvgIpc) is 3.41. The summed E-state index contributed by atoms with van der Waals surface area (Å²) < 4.78 is 26.9. The van der Waals surface area contributed by atoms with Gasteiger partial charge in [0, 0.05) is 19.2 Å². The fourth-order valence-electron chi connectivity index (χ4n) is 3.70. The van der Waals surface area contributed by atoms with Gasteiger partial charge in [-0.2, -0.15) is 5.10 Å². The average molecular weight is 426 g/mol. The lowest BCUT2D eigenvalue weighted by molar-refractivity contribution is 0.0742. The molecule has 0 aliphatic carbocycles. The van der Waals surface area contributed by atoms with E-state index in [1.165, 1.54) is 16.9 Å². The van der Waals surface area contributed by atoms with Crippen LogP contribution in [0.3, 0.4) is 0 Å². The van der Waals surface area contributed by atoms with Gasteiger partial charge in [0.15, 0.2) is 0 Å². The molecule has 0 fully saturated rings. The number of amides is 1. The molecule has 0 saturated carbocycles. The maximum atomic E-state index is 13.1. The minimum absolute atomic E-state index is 0.108. The second-order valence-electron chi connectivity index (χ2n) is 7.45. The molecule has 4 rings (SSSR count). The van der Waals surface area contributed by atoms with E-state index in [2.05, 4.69) is 10.1 Å². The zero-order valence-electron chi connectivity index (χ0n) is 17.1. The van der Waals surface area contributed by atoms with Crippen molar-refractivity contribution in [2.75, 3.05) is 24.2 Å². The van der Waals surface area contributed by atoms with E-state index in [4.69, 9.17) is 0 Å². The van der Waals surface area contributed by atoms with E-state index >= 15 is 0 Å². The number of carbonyl (C=O) groups is 1. The SMILES string of the molecule is CC(c1ccc(-n2cncn2)cc1)N(C)C(=O)c1ccc2c(c1)CCN2S(C)(=O)=O. The molecule has 1 aromatic heterocycles. The number of anilines is 1. The number of aromatic nitrogens is 3. The van der Waals surface area contributed by atoms with Crippen LogP contribution in [0.25, 0.3) is 5.69 Å². The van der Waals surface area contributed by atoms with Crippen LogP contribution in [-0.4, -0.2) is 53.8 Å². The summed E-state index contributed by atoms with van der Waals surface area (Å²) in [5, 5.41) is 4.11. The molecule has 30 heavy (non-hydrogen) atoms. The molecular weight excluding hydrogens is 402 g/mol. The highest BCUT2D eigenvalue weighted by Gasteiger charge is 2.27. The summed E-state index contributed by atoms with van der Waals surface area (Å²) >= 11 is 0. The molecule has 1 amide bonds. The molecule has 9 heteroatoms. The van der Waals surface area contributed by atoms with Gasteiger partial charge in [-0.05, 0) is 54.8 Å². The first kappa shape index (κ1) is 20.1. The molecule has 0 radical (unpaired) electrons. The summed E-state index contributed by atoms with van der Waals surface area (Å²) in [6, 6.07) is 12.9. The van der Waals surface area contributed by atoms with E-state index in [9.17, 15) is 13.2 Å². The Balaban J connectivity index is 1.52. The Hall–Kier alpha value is -3.20. The van der Waals surface area contributed by atoms with Gasteiger partial charge < -0.3 is 4.90 Å². The Morgan fingerprint density at radius 1 is 1.17 bits per heavy atom. The second-order valence-corrected chi connectivity index (χ2v) is 9.36. The van der Waals surface area contributed by atoms with Gasteiger partial charge in [-0.1, -0.05) is 12.1 Å². The minimum atomic E-state index is -3.31. The third kappa shape index (κ3) is 3.68. The van der Waals surface area contributed by atoms with E-state index in [1.54, 1.807) is 41.2 Å². The van der Waals surface area contributed by atoms with Gasteiger partial charge in [0.1, 0.15) is 12.7 Å². The lowest BCUT2D eigenvalue weighted by Crippen LogP contribution is -2.30. The highest BCUT2D eigenvalue weighted by atomic mass is 32.2. The zero-order chi connectivity index (χ0) is 21.5. The van der Waals surface area contributed by atoms with Crippen LogP contribution in [0.5, 0.6) is 0 Å². The molecule has 2 heterocycles. The number of carbonyl (C=O) groups excluding carboxylic acids is 1. The van der Waals surface area contributed by atoms with Crippen molar-refractivity contribution in [3.8, 4) is 5.69 Å². The molecule has 0 bridgehead atoms. The fourth-order valence-corrected chi connectivity index (χ4v) is 4.66. The highest BCUT2D eigenvalue weighted by Crippen LogP contribution is 2.31. The van der Waals surface area contributed by atoms with Crippen LogP contribution in [0, 0.1) is 0 Å². The van der Waals surface area contributed by atoms with Crippen LogP contribution in [0.1, 0.15) is 34.5 Å². The van der Waals surface area contributed by atoms with Crippen molar-refractivity contribution in [2.24, 2.45) is 0 Å². The van der Waals surface area contributed by atoms with Crippen molar-refractivity contribution in [1.29, 1.82) is 0 Å². The van der Waals surface area contributed by atoms with E-state index in [-0.39, 0.29) is 11.9 Å². The Labute approximate surface area is 175 Å². The highest BCUT2D eigenvalue weighted by molar-refractivity contribution is 7.92. The molecule has 3 aromatic rings. The summed E-state index contributed by atoms with van der Waals surface area (Å²) in [6.45, 7) is 2.39. The Bertz CT molecular complexity index is 1170. The molecule has 0 saturated heterocycles. The maximum Gasteiger partial charge on any atom is 0.254 e. The van der Waals surface area contributed by atoms with Gasteiger partial charge in [-0.25, -0.2) is 18.1 Å². The summed E-state index contributed by atoms with van der Waals surface area (Å²) in [5.74, 6) is -0.108. The molecule has 2 aromatic carbocycles. The van der Waals surface area contributed by atoms with Crippen molar-refractivity contribution in [2.45, 2.75) is 19.4 Å². The van der Waals surface area contributed by atoms with E-state index in [0.29, 0.717) is 24.2 Å². The molecule has 1 unspecified atom stereocenters. The molecular formula is C21H23N5O3S. The van der Waals surface area contributed by atoms with Crippen LogP contribution in [0.15, 0.2) is 55.1 Å². The number of hydrogen-bond donors (Lipinski definition) is 0. The largest absolute Gasteiger partial charge is 0.335 e.